The fraction of sp³-hybridized carbons (Fsp3) is 0.115. The zero-order chi connectivity index (χ0) is 20.0. The molecule has 4 aromatic carbocycles. The Hall–Kier alpha value is -3.59. The standard InChI is InChI=1S/C26H21N2O/c1-2-17-13-14-21-24(15-17)28(23-12-6-11-22(25(21)23)26(27)29)16-19-9-5-8-18-7-3-4-10-20(18)19/h3-13,15H,2,16H2,1H3,(H2,27,29). The van der Waals surface area contributed by atoms with Crippen LogP contribution in [0, 0.1) is 6.07 Å². The molecule has 0 bridgehead atoms. The topological polar surface area (TPSA) is 48.0 Å². The number of rotatable bonds is 4. The van der Waals surface area contributed by atoms with Crippen LogP contribution < -0.4 is 5.73 Å². The Morgan fingerprint density at radius 1 is 1.00 bits per heavy atom. The van der Waals surface area contributed by atoms with Crippen molar-refractivity contribution < 1.29 is 4.79 Å². The molecule has 2 N–H and O–H groups in total. The highest BCUT2D eigenvalue weighted by Gasteiger charge is 2.17. The molecule has 3 nitrogen and oxygen atoms in total. The minimum atomic E-state index is -0.409. The molecule has 5 aromatic rings. The molecule has 0 atom stereocenters. The van der Waals surface area contributed by atoms with Gasteiger partial charge < -0.3 is 10.3 Å². The van der Waals surface area contributed by atoms with Gasteiger partial charge in [-0.3, -0.25) is 4.79 Å². The number of hydrogen-bond donors (Lipinski definition) is 1. The predicted octanol–water partition coefficient (Wildman–Crippen LogP) is 5.46. The van der Waals surface area contributed by atoms with E-state index in [1.165, 1.54) is 21.9 Å². The SMILES string of the molecule is CCc1c[c]c2c3c(C(N)=O)cccc3n(Cc3cccc4ccccc34)c2c1. The summed E-state index contributed by atoms with van der Waals surface area (Å²) < 4.78 is 2.29. The highest BCUT2D eigenvalue weighted by atomic mass is 16.1. The van der Waals surface area contributed by atoms with Gasteiger partial charge in [0.2, 0.25) is 5.91 Å². The third-order valence-corrected chi connectivity index (χ3v) is 5.74. The lowest BCUT2D eigenvalue weighted by atomic mass is 10.0. The second kappa shape index (κ2) is 6.78. The molecule has 0 aliphatic heterocycles. The zero-order valence-corrected chi connectivity index (χ0v) is 16.3. The van der Waals surface area contributed by atoms with Crippen LogP contribution in [-0.2, 0) is 13.0 Å². The van der Waals surface area contributed by atoms with Gasteiger partial charge in [0.1, 0.15) is 0 Å². The molecule has 0 saturated carbocycles. The molecule has 1 amide bonds. The number of aromatic nitrogens is 1. The van der Waals surface area contributed by atoms with Crippen molar-refractivity contribution in [2.75, 3.05) is 0 Å². The lowest BCUT2D eigenvalue weighted by molar-refractivity contribution is 0.100. The number of carbonyl (C=O) groups is 1. The molecule has 1 heterocycles. The maximum atomic E-state index is 12.1. The van der Waals surface area contributed by atoms with Gasteiger partial charge in [-0.15, -0.1) is 0 Å². The number of benzene rings is 4. The van der Waals surface area contributed by atoms with Crippen LogP contribution in [0.4, 0.5) is 0 Å². The molecule has 0 aliphatic rings. The second-order valence-electron chi connectivity index (χ2n) is 7.41. The first-order chi connectivity index (χ1) is 14.2. The summed E-state index contributed by atoms with van der Waals surface area (Å²) in [6.45, 7) is 2.85. The zero-order valence-electron chi connectivity index (χ0n) is 16.3. The maximum Gasteiger partial charge on any atom is 0.249 e. The quantitative estimate of drug-likeness (QED) is 0.444. The van der Waals surface area contributed by atoms with Gasteiger partial charge >= 0.3 is 0 Å². The van der Waals surface area contributed by atoms with Crippen molar-refractivity contribution in [1.82, 2.24) is 4.57 Å². The first-order valence-corrected chi connectivity index (χ1v) is 9.89. The van der Waals surface area contributed by atoms with Crippen molar-refractivity contribution in [2.45, 2.75) is 19.9 Å². The number of fused-ring (bicyclic) bond motifs is 4. The summed E-state index contributed by atoms with van der Waals surface area (Å²) in [5.74, 6) is -0.409. The van der Waals surface area contributed by atoms with E-state index in [2.05, 4.69) is 72.2 Å². The lowest BCUT2D eigenvalue weighted by Gasteiger charge is -2.11. The molecular weight excluding hydrogens is 356 g/mol. The smallest absolute Gasteiger partial charge is 0.249 e. The third-order valence-electron chi connectivity index (χ3n) is 5.74. The molecule has 3 heteroatoms. The number of aryl methyl sites for hydroxylation is 1. The second-order valence-corrected chi connectivity index (χ2v) is 7.41. The van der Waals surface area contributed by atoms with E-state index in [9.17, 15) is 4.79 Å². The Morgan fingerprint density at radius 3 is 2.62 bits per heavy atom. The molecule has 29 heavy (non-hydrogen) atoms. The van der Waals surface area contributed by atoms with Crippen molar-refractivity contribution >= 4 is 38.5 Å². The number of carbonyl (C=O) groups excluding carboxylic acids is 1. The summed E-state index contributed by atoms with van der Waals surface area (Å²) in [5, 5.41) is 4.31. The summed E-state index contributed by atoms with van der Waals surface area (Å²) in [6.07, 6.45) is 0.935. The highest BCUT2D eigenvalue weighted by molar-refractivity contribution is 6.17. The molecular formula is C26H21N2O. The largest absolute Gasteiger partial charge is 0.366 e. The Balaban J connectivity index is 1.83. The Labute approximate surface area is 169 Å². The average molecular weight is 377 g/mol. The molecule has 1 aromatic heterocycles. The number of amides is 1. The summed E-state index contributed by atoms with van der Waals surface area (Å²) in [7, 11) is 0. The highest BCUT2D eigenvalue weighted by Crippen LogP contribution is 2.33. The van der Waals surface area contributed by atoms with Crippen LogP contribution in [0.2, 0.25) is 0 Å². The Morgan fingerprint density at radius 2 is 1.79 bits per heavy atom. The van der Waals surface area contributed by atoms with Gasteiger partial charge in [-0.1, -0.05) is 61.5 Å². The molecule has 1 radical (unpaired) electrons. The Kier molecular flexibility index (Phi) is 4.09. The summed E-state index contributed by atoms with van der Waals surface area (Å²) in [6, 6.07) is 28.3. The van der Waals surface area contributed by atoms with E-state index >= 15 is 0 Å². The third kappa shape index (κ3) is 2.78. The monoisotopic (exact) mass is 377 g/mol. The van der Waals surface area contributed by atoms with Crippen LogP contribution >= 0.6 is 0 Å². The van der Waals surface area contributed by atoms with Gasteiger partial charge in [0.25, 0.3) is 0 Å². The van der Waals surface area contributed by atoms with E-state index < -0.39 is 5.91 Å². The van der Waals surface area contributed by atoms with Crippen LogP contribution in [-0.4, -0.2) is 10.5 Å². The van der Waals surface area contributed by atoms with Crippen LogP contribution in [0.5, 0.6) is 0 Å². The van der Waals surface area contributed by atoms with Crippen molar-refractivity contribution in [3.63, 3.8) is 0 Å². The van der Waals surface area contributed by atoms with Gasteiger partial charge in [0, 0.05) is 22.9 Å². The van der Waals surface area contributed by atoms with E-state index in [1.807, 2.05) is 12.1 Å². The maximum absolute atomic E-state index is 12.1. The minimum absolute atomic E-state index is 0.409. The molecule has 0 spiro atoms. The van der Waals surface area contributed by atoms with Crippen molar-refractivity contribution in [1.29, 1.82) is 0 Å². The van der Waals surface area contributed by atoms with Crippen LogP contribution in [0.25, 0.3) is 32.6 Å². The Bertz CT molecular complexity index is 1390. The van der Waals surface area contributed by atoms with Gasteiger partial charge in [-0.2, -0.15) is 0 Å². The summed E-state index contributed by atoms with van der Waals surface area (Å²) in [4.78, 5) is 12.1. The lowest BCUT2D eigenvalue weighted by Crippen LogP contribution is -2.11. The van der Waals surface area contributed by atoms with Gasteiger partial charge in [-0.25, -0.2) is 0 Å². The first kappa shape index (κ1) is 17.5. The summed E-state index contributed by atoms with van der Waals surface area (Å²) in [5.41, 5.74) is 10.8. The minimum Gasteiger partial charge on any atom is -0.366 e. The van der Waals surface area contributed by atoms with Gasteiger partial charge in [0.15, 0.2) is 0 Å². The number of hydrogen-bond acceptors (Lipinski definition) is 1. The van der Waals surface area contributed by atoms with E-state index in [1.54, 1.807) is 6.07 Å². The fourth-order valence-electron chi connectivity index (χ4n) is 4.28. The fourth-order valence-corrected chi connectivity index (χ4v) is 4.28. The van der Waals surface area contributed by atoms with Crippen molar-refractivity contribution in [2.24, 2.45) is 5.73 Å². The molecule has 0 unspecified atom stereocenters. The molecule has 141 valence electrons. The first-order valence-electron chi connectivity index (χ1n) is 9.89. The van der Waals surface area contributed by atoms with Crippen molar-refractivity contribution in [3.05, 3.63) is 95.6 Å². The molecule has 5 rings (SSSR count). The summed E-state index contributed by atoms with van der Waals surface area (Å²) >= 11 is 0. The predicted molar refractivity (Wildman–Crippen MR) is 119 cm³/mol. The van der Waals surface area contributed by atoms with Crippen LogP contribution in [0.15, 0.2) is 72.8 Å². The van der Waals surface area contributed by atoms with Crippen LogP contribution in [0.1, 0.15) is 28.4 Å². The van der Waals surface area contributed by atoms with E-state index in [4.69, 9.17) is 5.73 Å². The number of primary amides is 1. The molecule has 0 fully saturated rings. The van der Waals surface area contributed by atoms with E-state index in [0.717, 1.165) is 28.2 Å². The number of nitrogens with zero attached hydrogens (tertiary/aromatic N) is 1. The normalized spacial score (nSPS) is 11.5. The van der Waals surface area contributed by atoms with E-state index in [-0.39, 0.29) is 0 Å². The van der Waals surface area contributed by atoms with Gasteiger partial charge in [0.05, 0.1) is 11.0 Å². The number of nitrogens with two attached hydrogens (primary N) is 1. The van der Waals surface area contributed by atoms with Crippen LogP contribution in [0.3, 0.4) is 0 Å². The van der Waals surface area contributed by atoms with Crippen molar-refractivity contribution in [3.8, 4) is 0 Å². The molecule has 0 saturated heterocycles. The van der Waals surface area contributed by atoms with Gasteiger partial charge in [-0.05, 0) is 52.6 Å². The van der Waals surface area contributed by atoms with E-state index in [0.29, 0.717) is 12.1 Å². The average Bonchev–Trinajstić information content (AvgIpc) is 3.07. The molecule has 0 aliphatic carbocycles.